The lowest BCUT2D eigenvalue weighted by Crippen LogP contribution is -2.11. The Balaban J connectivity index is 2.01. The number of carbonyl (C=O) groups excluding carboxylic acids is 1. The van der Waals surface area contributed by atoms with E-state index in [4.69, 9.17) is 19.3 Å². The predicted molar refractivity (Wildman–Crippen MR) is 123 cm³/mol. The minimum Gasteiger partial charge on any atom is -0.482 e. The lowest BCUT2D eigenvalue weighted by Gasteiger charge is -2.14. The Bertz CT molecular complexity index is 942. The molecule has 1 aromatic heterocycles. The summed E-state index contributed by atoms with van der Waals surface area (Å²) >= 11 is 0. The molecule has 1 saturated carbocycles. The Kier molecular flexibility index (Phi) is 8.56. The van der Waals surface area contributed by atoms with E-state index < -0.39 is 12.6 Å². The van der Waals surface area contributed by atoms with Gasteiger partial charge in [-0.3, -0.25) is 0 Å². The number of rotatable bonds is 12. The first kappa shape index (κ1) is 24.1. The van der Waals surface area contributed by atoms with Gasteiger partial charge in [-0.1, -0.05) is 32.1 Å². The van der Waals surface area contributed by atoms with Crippen LogP contribution in [0.4, 0.5) is 0 Å². The number of aryl methyl sites for hydroxylation is 1. The van der Waals surface area contributed by atoms with Crippen LogP contribution in [0.2, 0.25) is 0 Å². The molecule has 0 unspecified atom stereocenters. The molecule has 1 aromatic carbocycles. The van der Waals surface area contributed by atoms with Crippen molar-refractivity contribution in [2.24, 2.45) is 5.92 Å². The van der Waals surface area contributed by atoms with E-state index in [-0.39, 0.29) is 12.6 Å². The smallest absolute Gasteiger partial charge is 0.341 e. The van der Waals surface area contributed by atoms with Crippen molar-refractivity contribution < 1.29 is 28.9 Å². The third-order valence-electron chi connectivity index (χ3n) is 6.39. The van der Waals surface area contributed by atoms with Crippen LogP contribution in [0.15, 0.2) is 12.1 Å². The molecule has 7 heteroatoms. The number of nitrogens with zero attached hydrogens (tertiary/aromatic N) is 1. The van der Waals surface area contributed by atoms with E-state index in [1.807, 2.05) is 19.1 Å². The second-order valence-corrected chi connectivity index (χ2v) is 8.53. The van der Waals surface area contributed by atoms with Crippen LogP contribution >= 0.6 is 0 Å². The number of methoxy groups -OCH3 is 1. The molecule has 0 atom stereocenters. The van der Waals surface area contributed by atoms with Crippen molar-refractivity contribution in [1.82, 2.24) is 4.57 Å². The van der Waals surface area contributed by atoms with Crippen LogP contribution in [-0.4, -0.2) is 48.5 Å². The van der Waals surface area contributed by atoms with E-state index in [2.05, 4.69) is 4.57 Å². The van der Waals surface area contributed by atoms with E-state index in [0.717, 1.165) is 40.9 Å². The van der Waals surface area contributed by atoms with Gasteiger partial charge in [-0.25, -0.2) is 9.59 Å². The average Bonchev–Trinajstić information content (AvgIpc) is 3.36. The highest BCUT2D eigenvalue weighted by atomic mass is 16.5. The fourth-order valence-corrected chi connectivity index (χ4v) is 4.83. The molecule has 1 aliphatic rings. The summed E-state index contributed by atoms with van der Waals surface area (Å²) in [5.41, 5.74) is 3.20. The van der Waals surface area contributed by atoms with E-state index in [1.165, 1.54) is 32.1 Å². The molecule has 0 bridgehead atoms. The summed E-state index contributed by atoms with van der Waals surface area (Å²) < 4.78 is 18.3. The summed E-state index contributed by atoms with van der Waals surface area (Å²) in [5, 5.41) is 9.86. The van der Waals surface area contributed by atoms with E-state index in [0.29, 0.717) is 24.5 Å². The maximum Gasteiger partial charge on any atom is 0.341 e. The largest absolute Gasteiger partial charge is 0.482 e. The van der Waals surface area contributed by atoms with Crippen LogP contribution in [0.1, 0.15) is 67.1 Å². The third kappa shape index (κ3) is 5.63. The summed E-state index contributed by atoms with van der Waals surface area (Å²) in [7, 11) is 1.65. The lowest BCUT2D eigenvalue weighted by atomic mass is 9.97. The van der Waals surface area contributed by atoms with Gasteiger partial charge in [-0.05, 0) is 50.3 Å². The number of hydrogen-bond donors (Lipinski definition) is 1. The molecule has 1 N–H and O–H groups in total. The molecule has 3 rings (SSSR count). The molecular weight excluding hydrogens is 410 g/mol. The van der Waals surface area contributed by atoms with Crippen LogP contribution in [0.25, 0.3) is 10.9 Å². The minimum atomic E-state index is -1.03. The van der Waals surface area contributed by atoms with Crippen LogP contribution in [-0.2, 0) is 27.2 Å². The Labute approximate surface area is 189 Å². The second kappa shape index (κ2) is 11.4. The summed E-state index contributed by atoms with van der Waals surface area (Å²) in [6.45, 7) is 4.67. The quantitative estimate of drug-likeness (QED) is 0.475. The fraction of sp³-hybridized carbons (Fsp3) is 0.600. The number of carboxylic acid groups (broad SMARTS) is 1. The molecular formula is C25H35NO6. The molecule has 0 amide bonds. The Morgan fingerprint density at radius 2 is 1.97 bits per heavy atom. The number of hydrogen-bond acceptors (Lipinski definition) is 5. The van der Waals surface area contributed by atoms with Crippen LogP contribution < -0.4 is 4.74 Å². The standard InChI is InChI=1S/C25H35NO6/c1-4-31-25(29)24-17(2)26(12-13-30-3)21-14-19(11-7-10-18-8-5-6-9-18)22(15-20(21)24)32-16-23(27)28/h14-15,18H,4-13,16H2,1-3H3,(H,27,28). The molecule has 0 radical (unpaired) electrons. The first-order valence-corrected chi connectivity index (χ1v) is 11.6. The van der Waals surface area contributed by atoms with Crippen LogP contribution in [0.5, 0.6) is 5.75 Å². The topological polar surface area (TPSA) is 87.0 Å². The average molecular weight is 446 g/mol. The number of carboxylic acids is 1. The summed E-state index contributed by atoms with van der Waals surface area (Å²) in [4.78, 5) is 23.9. The van der Waals surface area contributed by atoms with Gasteiger partial charge in [-0.2, -0.15) is 0 Å². The fourth-order valence-electron chi connectivity index (χ4n) is 4.83. The molecule has 0 aliphatic heterocycles. The second-order valence-electron chi connectivity index (χ2n) is 8.53. The van der Waals surface area contributed by atoms with Gasteiger partial charge in [0.25, 0.3) is 0 Å². The molecule has 1 fully saturated rings. The highest BCUT2D eigenvalue weighted by Crippen LogP contribution is 2.35. The van der Waals surface area contributed by atoms with Crippen LogP contribution in [0.3, 0.4) is 0 Å². The molecule has 176 valence electrons. The minimum absolute atomic E-state index is 0.282. The highest BCUT2D eigenvalue weighted by molar-refractivity contribution is 6.06. The molecule has 2 aromatic rings. The van der Waals surface area contributed by atoms with Gasteiger partial charge < -0.3 is 23.9 Å². The number of carbonyl (C=O) groups is 2. The molecule has 7 nitrogen and oxygen atoms in total. The molecule has 0 saturated heterocycles. The number of ether oxygens (including phenoxy) is 3. The number of aromatic nitrogens is 1. The van der Waals surface area contributed by atoms with Crippen molar-refractivity contribution in [3.63, 3.8) is 0 Å². The molecule has 0 spiro atoms. The monoisotopic (exact) mass is 445 g/mol. The van der Waals surface area contributed by atoms with E-state index in [9.17, 15) is 9.59 Å². The van der Waals surface area contributed by atoms with Gasteiger partial charge in [0.15, 0.2) is 6.61 Å². The molecule has 1 heterocycles. The first-order chi connectivity index (χ1) is 15.5. The van der Waals surface area contributed by atoms with Gasteiger partial charge >= 0.3 is 11.9 Å². The summed E-state index contributed by atoms with van der Waals surface area (Å²) in [6, 6.07) is 3.86. The Hall–Kier alpha value is -2.54. The van der Waals surface area contributed by atoms with Gasteiger partial charge in [-0.15, -0.1) is 0 Å². The third-order valence-corrected chi connectivity index (χ3v) is 6.39. The summed E-state index contributed by atoms with van der Waals surface area (Å²) in [6.07, 6.45) is 8.28. The highest BCUT2D eigenvalue weighted by Gasteiger charge is 2.23. The lowest BCUT2D eigenvalue weighted by molar-refractivity contribution is -0.139. The number of aliphatic carboxylic acids is 1. The van der Waals surface area contributed by atoms with Gasteiger partial charge in [0.05, 0.1) is 18.8 Å². The Morgan fingerprint density at radius 3 is 2.62 bits per heavy atom. The zero-order chi connectivity index (χ0) is 23.1. The molecule has 32 heavy (non-hydrogen) atoms. The zero-order valence-electron chi connectivity index (χ0n) is 19.4. The number of fused-ring (bicyclic) bond motifs is 1. The zero-order valence-corrected chi connectivity index (χ0v) is 19.4. The summed E-state index contributed by atoms with van der Waals surface area (Å²) in [5.74, 6) is -0.0862. The van der Waals surface area contributed by atoms with Crippen molar-refractivity contribution in [2.75, 3.05) is 26.9 Å². The van der Waals surface area contributed by atoms with E-state index in [1.54, 1.807) is 14.0 Å². The van der Waals surface area contributed by atoms with Crippen molar-refractivity contribution in [1.29, 1.82) is 0 Å². The Morgan fingerprint density at radius 1 is 1.22 bits per heavy atom. The maximum absolute atomic E-state index is 12.7. The van der Waals surface area contributed by atoms with Crippen LogP contribution in [0, 0.1) is 12.8 Å². The number of benzene rings is 1. The van der Waals surface area contributed by atoms with Gasteiger partial charge in [0.1, 0.15) is 5.75 Å². The predicted octanol–water partition coefficient (Wildman–Crippen LogP) is 4.75. The van der Waals surface area contributed by atoms with Crippen molar-refractivity contribution >= 4 is 22.8 Å². The normalized spacial score (nSPS) is 14.2. The SMILES string of the molecule is CCOC(=O)c1c(C)n(CCOC)c2cc(CCCC3CCCC3)c(OCC(=O)O)cc12. The van der Waals surface area contributed by atoms with Crippen molar-refractivity contribution in [2.45, 2.75) is 65.3 Å². The van der Waals surface area contributed by atoms with E-state index >= 15 is 0 Å². The van der Waals surface area contributed by atoms with Crippen molar-refractivity contribution in [3.8, 4) is 5.75 Å². The van der Waals surface area contributed by atoms with Gasteiger partial charge in [0, 0.05) is 30.3 Å². The van der Waals surface area contributed by atoms with Gasteiger partial charge in [0.2, 0.25) is 0 Å². The number of esters is 1. The van der Waals surface area contributed by atoms with Crippen molar-refractivity contribution in [3.05, 3.63) is 29.0 Å². The first-order valence-electron chi connectivity index (χ1n) is 11.6. The molecule has 1 aliphatic carbocycles. The maximum atomic E-state index is 12.7.